The summed E-state index contributed by atoms with van der Waals surface area (Å²) in [7, 11) is 0. The molecule has 1 aliphatic heterocycles. The van der Waals surface area contributed by atoms with E-state index in [1.54, 1.807) is 0 Å². The van der Waals surface area contributed by atoms with Gasteiger partial charge in [0, 0.05) is 17.9 Å². The van der Waals surface area contributed by atoms with Crippen LogP contribution in [0.4, 0.5) is 20.4 Å². The van der Waals surface area contributed by atoms with Crippen molar-refractivity contribution >= 4 is 23.4 Å². The number of nitrogen functional groups attached to an aromatic ring is 1. The molecule has 6 heteroatoms. The molecular weight excluding hydrogens is 232 g/mol. The predicted octanol–water partition coefficient (Wildman–Crippen LogP) is 2.25. The third-order valence-corrected chi connectivity index (χ3v) is 3.88. The Morgan fingerprint density at radius 2 is 2.31 bits per heavy atom. The molecule has 3 nitrogen and oxygen atoms in total. The smallest absolute Gasteiger partial charge is 0.168 e. The van der Waals surface area contributed by atoms with Crippen LogP contribution in [0.3, 0.4) is 0 Å². The Hall–Kier alpha value is -1.04. The summed E-state index contributed by atoms with van der Waals surface area (Å²) in [6.07, 6.45) is 2.31. The summed E-state index contributed by atoms with van der Waals surface area (Å²) < 4.78 is 26.1. The Balaban J connectivity index is 2.00. The van der Waals surface area contributed by atoms with Crippen LogP contribution in [-0.2, 0) is 0 Å². The van der Waals surface area contributed by atoms with Crippen LogP contribution in [0, 0.1) is 11.6 Å². The molecule has 1 aromatic heterocycles. The van der Waals surface area contributed by atoms with Crippen LogP contribution in [0.5, 0.6) is 0 Å². The summed E-state index contributed by atoms with van der Waals surface area (Å²) in [6.45, 7) is 0.639. The molecule has 3 N–H and O–H groups in total. The van der Waals surface area contributed by atoms with Gasteiger partial charge in [-0.15, -0.1) is 0 Å². The lowest BCUT2D eigenvalue weighted by molar-refractivity contribution is 0.579. The number of nitrogens with zero attached hydrogens (tertiary/aromatic N) is 1. The second kappa shape index (κ2) is 4.86. The van der Waals surface area contributed by atoms with E-state index in [1.165, 1.54) is 6.42 Å². The predicted molar refractivity (Wildman–Crippen MR) is 62.5 cm³/mol. The Kier molecular flexibility index (Phi) is 3.48. The fraction of sp³-hybridized carbons (Fsp3) is 0.500. The maximum absolute atomic E-state index is 13.3. The molecule has 0 spiro atoms. The largest absolute Gasteiger partial charge is 0.381 e. The van der Waals surface area contributed by atoms with Crippen molar-refractivity contribution in [3.63, 3.8) is 0 Å². The zero-order chi connectivity index (χ0) is 11.5. The van der Waals surface area contributed by atoms with E-state index in [9.17, 15) is 8.78 Å². The Labute approximate surface area is 96.8 Å². The summed E-state index contributed by atoms with van der Waals surface area (Å²) in [5, 5.41) is 3.35. The van der Waals surface area contributed by atoms with Crippen molar-refractivity contribution in [2.45, 2.75) is 18.1 Å². The number of halogens is 2. The van der Waals surface area contributed by atoms with Gasteiger partial charge in [0.1, 0.15) is 0 Å². The maximum atomic E-state index is 13.3. The van der Waals surface area contributed by atoms with E-state index in [-0.39, 0.29) is 11.6 Å². The maximum Gasteiger partial charge on any atom is 0.168 e. The standard InChI is InChI=1S/C10H13F2N3S/c11-7-4-8(12)10(15-9(7)13)14-5-6-2-1-3-16-6/h4,6H,1-3,5H2,(H3,13,14,15). The third kappa shape index (κ3) is 2.55. The zero-order valence-electron chi connectivity index (χ0n) is 8.67. The van der Waals surface area contributed by atoms with Gasteiger partial charge in [0.15, 0.2) is 23.3 Å². The Morgan fingerprint density at radius 1 is 1.50 bits per heavy atom. The van der Waals surface area contributed by atoms with Gasteiger partial charge in [-0.2, -0.15) is 11.8 Å². The van der Waals surface area contributed by atoms with Gasteiger partial charge >= 0.3 is 0 Å². The van der Waals surface area contributed by atoms with E-state index >= 15 is 0 Å². The molecule has 1 saturated heterocycles. The minimum Gasteiger partial charge on any atom is -0.381 e. The molecule has 0 aliphatic carbocycles. The fourth-order valence-corrected chi connectivity index (χ4v) is 2.82. The molecule has 0 amide bonds. The molecule has 1 unspecified atom stereocenters. The van der Waals surface area contributed by atoms with E-state index in [4.69, 9.17) is 5.73 Å². The van der Waals surface area contributed by atoms with E-state index in [0.29, 0.717) is 11.8 Å². The number of hydrogen-bond donors (Lipinski definition) is 2. The van der Waals surface area contributed by atoms with E-state index in [1.807, 2.05) is 11.8 Å². The summed E-state index contributed by atoms with van der Waals surface area (Å²) in [5.74, 6) is -0.615. The van der Waals surface area contributed by atoms with Crippen molar-refractivity contribution in [2.24, 2.45) is 0 Å². The highest BCUT2D eigenvalue weighted by Crippen LogP contribution is 2.26. The van der Waals surface area contributed by atoms with Crippen LogP contribution in [0.15, 0.2) is 6.07 Å². The fourth-order valence-electron chi connectivity index (χ4n) is 1.62. The number of nitrogens with two attached hydrogens (primary N) is 1. The van der Waals surface area contributed by atoms with Gasteiger partial charge in [-0.1, -0.05) is 0 Å². The minimum atomic E-state index is -0.821. The molecule has 1 aromatic rings. The number of pyridine rings is 1. The SMILES string of the molecule is Nc1nc(NCC2CCCS2)c(F)cc1F. The van der Waals surface area contributed by atoms with Crippen molar-refractivity contribution in [2.75, 3.05) is 23.3 Å². The van der Waals surface area contributed by atoms with Gasteiger partial charge in [-0.3, -0.25) is 0 Å². The number of aromatic nitrogens is 1. The van der Waals surface area contributed by atoms with Crippen molar-refractivity contribution in [3.05, 3.63) is 17.7 Å². The molecule has 0 radical (unpaired) electrons. The Bertz CT molecular complexity index is 381. The average molecular weight is 245 g/mol. The van der Waals surface area contributed by atoms with Gasteiger partial charge in [0.05, 0.1) is 0 Å². The second-order valence-corrected chi connectivity index (χ2v) is 5.11. The molecule has 1 atom stereocenters. The van der Waals surface area contributed by atoms with Crippen molar-refractivity contribution in [1.82, 2.24) is 4.98 Å². The van der Waals surface area contributed by atoms with Crippen LogP contribution >= 0.6 is 11.8 Å². The van der Waals surface area contributed by atoms with Crippen molar-refractivity contribution < 1.29 is 8.78 Å². The van der Waals surface area contributed by atoms with E-state index in [2.05, 4.69) is 10.3 Å². The molecular formula is C10H13F2N3S. The zero-order valence-corrected chi connectivity index (χ0v) is 9.49. The molecule has 16 heavy (non-hydrogen) atoms. The molecule has 2 rings (SSSR count). The number of hydrogen-bond acceptors (Lipinski definition) is 4. The molecule has 0 saturated carbocycles. The van der Waals surface area contributed by atoms with Crippen LogP contribution in [0.25, 0.3) is 0 Å². The van der Waals surface area contributed by atoms with Gasteiger partial charge < -0.3 is 11.1 Å². The third-order valence-electron chi connectivity index (χ3n) is 2.48. The van der Waals surface area contributed by atoms with Crippen LogP contribution < -0.4 is 11.1 Å². The molecule has 88 valence electrons. The van der Waals surface area contributed by atoms with Gasteiger partial charge in [0.2, 0.25) is 0 Å². The Morgan fingerprint density at radius 3 is 3.00 bits per heavy atom. The first-order valence-corrected chi connectivity index (χ1v) is 6.18. The van der Waals surface area contributed by atoms with Crippen LogP contribution in [0.2, 0.25) is 0 Å². The second-order valence-electron chi connectivity index (χ2n) is 3.70. The number of thioether (sulfide) groups is 1. The van der Waals surface area contributed by atoms with Crippen molar-refractivity contribution in [3.8, 4) is 0 Å². The van der Waals surface area contributed by atoms with E-state index < -0.39 is 11.6 Å². The normalized spacial score (nSPS) is 20.0. The van der Waals surface area contributed by atoms with E-state index in [0.717, 1.165) is 18.2 Å². The lowest BCUT2D eigenvalue weighted by Gasteiger charge is -2.11. The first-order valence-electron chi connectivity index (χ1n) is 5.14. The first-order chi connectivity index (χ1) is 7.66. The summed E-state index contributed by atoms with van der Waals surface area (Å²) in [5.41, 5.74) is 5.28. The number of nitrogens with one attached hydrogen (secondary N) is 1. The molecule has 0 bridgehead atoms. The number of anilines is 2. The first kappa shape index (κ1) is 11.4. The summed E-state index contributed by atoms with van der Waals surface area (Å²) >= 11 is 1.86. The lowest BCUT2D eigenvalue weighted by Crippen LogP contribution is -2.16. The molecule has 1 fully saturated rings. The summed E-state index contributed by atoms with van der Waals surface area (Å²) in [4.78, 5) is 3.64. The highest BCUT2D eigenvalue weighted by Gasteiger charge is 2.16. The monoisotopic (exact) mass is 245 g/mol. The van der Waals surface area contributed by atoms with Crippen LogP contribution in [0.1, 0.15) is 12.8 Å². The molecule has 2 heterocycles. The molecule has 1 aliphatic rings. The van der Waals surface area contributed by atoms with Gasteiger partial charge in [0.25, 0.3) is 0 Å². The van der Waals surface area contributed by atoms with Crippen LogP contribution in [-0.4, -0.2) is 22.5 Å². The van der Waals surface area contributed by atoms with Gasteiger partial charge in [-0.25, -0.2) is 13.8 Å². The van der Waals surface area contributed by atoms with Gasteiger partial charge in [-0.05, 0) is 18.6 Å². The summed E-state index contributed by atoms with van der Waals surface area (Å²) in [6, 6.07) is 0.756. The number of rotatable bonds is 3. The average Bonchev–Trinajstić information content (AvgIpc) is 2.74. The lowest BCUT2D eigenvalue weighted by atomic mass is 10.2. The van der Waals surface area contributed by atoms with Crippen molar-refractivity contribution in [1.29, 1.82) is 0 Å². The molecule has 0 aromatic carbocycles. The highest BCUT2D eigenvalue weighted by atomic mass is 32.2. The minimum absolute atomic E-state index is 0.0337. The topological polar surface area (TPSA) is 50.9 Å². The quantitative estimate of drug-likeness (QED) is 0.857. The highest BCUT2D eigenvalue weighted by molar-refractivity contribution is 8.00.